The first-order valence-electron chi connectivity index (χ1n) is 6.29. The average molecular weight is 300 g/mol. The molecule has 0 unspecified atom stereocenters. The molecule has 0 saturated heterocycles. The van der Waals surface area contributed by atoms with Crippen LogP contribution in [0, 0.1) is 17.0 Å². The number of hydrogen-bond donors (Lipinski definition) is 2. The molecule has 1 aromatic carbocycles. The lowest BCUT2D eigenvalue weighted by molar-refractivity contribution is -0.384. The number of carbonyl (C=O) groups is 1. The maximum atomic E-state index is 11.5. The minimum atomic E-state index is -0.519. The Balaban J connectivity index is 2.63. The van der Waals surface area contributed by atoms with Crippen LogP contribution < -0.4 is 10.6 Å². The number of halogens is 1. The van der Waals surface area contributed by atoms with E-state index in [4.69, 9.17) is 11.6 Å². The van der Waals surface area contributed by atoms with Crippen LogP contribution >= 0.6 is 11.6 Å². The molecule has 0 aromatic heterocycles. The van der Waals surface area contributed by atoms with Gasteiger partial charge in [0, 0.05) is 30.8 Å². The van der Waals surface area contributed by atoms with Gasteiger partial charge in [-0.3, -0.25) is 14.9 Å². The van der Waals surface area contributed by atoms with Gasteiger partial charge >= 0.3 is 0 Å². The van der Waals surface area contributed by atoms with Crippen molar-refractivity contribution in [3.8, 4) is 0 Å². The number of nitrogens with zero attached hydrogens (tertiary/aromatic N) is 1. The third kappa shape index (κ3) is 4.70. The third-order valence-electron chi connectivity index (χ3n) is 2.61. The van der Waals surface area contributed by atoms with Crippen molar-refractivity contribution < 1.29 is 9.72 Å². The van der Waals surface area contributed by atoms with Crippen molar-refractivity contribution >= 4 is 28.9 Å². The van der Waals surface area contributed by atoms with Crippen LogP contribution in [0.15, 0.2) is 12.1 Å². The minimum absolute atomic E-state index is 0.0434. The van der Waals surface area contributed by atoms with Crippen molar-refractivity contribution in [1.29, 1.82) is 0 Å². The van der Waals surface area contributed by atoms with Crippen LogP contribution in [-0.4, -0.2) is 23.4 Å². The zero-order valence-electron chi connectivity index (χ0n) is 11.7. The number of nitro benzene ring substituents is 1. The zero-order valence-corrected chi connectivity index (χ0v) is 12.5. The summed E-state index contributed by atoms with van der Waals surface area (Å²) in [6.07, 6.45) is 0.326. The maximum Gasteiger partial charge on any atom is 0.288 e. The molecular formula is C13H18ClN3O3. The summed E-state index contributed by atoms with van der Waals surface area (Å²) in [6, 6.07) is 3.03. The molecule has 20 heavy (non-hydrogen) atoms. The van der Waals surface area contributed by atoms with Gasteiger partial charge in [0.1, 0.15) is 5.02 Å². The SMILES string of the molecule is Cc1cc([N+](=O)[O-])c(Cl)cc1NCCC(=O)NC(C)C. The summed E-state index contributed by atoms with van der Waals surface area (Å²) in [5, 5.41) is 16.7. The van der Waals surface area contributed by atoms with E-state index in [2.05, 4.69) is 10.6 Å². The molecule has 7 heteroatoms. The maximum absolute atomic E-state index is 11.5. The number of hydrogen-bond acceptors (Lipinski definition) is 4. The Morgan fingerprint density at radius 2 is 2.10 bits per heavy atom. The molecule has 0 aliphatic heterocycles. The largest absolute Gasteiger partial charge is 0.384 e. The highest BCUT2D eigenvalue weighted by Crippen LogP contribution is 2.30. The second-order valence-electron chi connectivity index (χ2n) is 4.77. The Bertz CT molecular complexity index is 518. The standard InChI is InChI=1S/C13H18ClN3O3/c1-8(2)16-13(18)4-5-15-11-7-10(14)12(17(19)20)6-9(11)3/h6-8,15H,4-5H2,1-3H3,(H,16,18). The van der Waals surface area contributed by atoms with Crippen molar-refractivity contribution in [3.63, 3.8) is 0 Å². The molecule has 2 N–H and O–H groups in total. The lowest BCUT2D eigenvalue weighted by Gasteiger charge is -2.11. The zero-order chi connectivity index (χ0) is 15.3. The van der Waals surface area contributed by atoms with Gasteiger partial charge < -0.3 is 10.6 Å². The van der Waals surface area contributed by atoms with Crippen LogP contribution in [0.1, 0.15) is 25.8 Å². The average Bonchev–Trinajstić information content (AvgIpc) is 2.31. The molecule has 110 valence electrons. The quantitative estimate of drug-likeness (QED) is 0.625. The Hall–Kier alpha value is -1.82. The van der Waals surface area contributed by atoms with Gasteiger partial charge in [-0.2, -0.15) is 0 Å². The van der Waals surface area contributed by atoms with Crippen molar-refractivity contribution in [2.24, 2.45) is 0 Å². The predicted molar refractivity (Wildman–Crippen MR) is 79.2 cm³/mol. The number of carbonyl (C=O) groups excluding carboxylic acids is 1. The molecule has 6 nitrogen and oxygen atoms in total. The highest BCUT2D eigenvalue weighted by atomic mass is 35.5. The number of anilines is 1. The summed E-state index contributed by atoms with van der Waals surface area (Å²) in [6.45, 7) is 5.98. The molecule has 1 aromatic rings. The number of aryl methyl sites for hydroxylation is 1. The minimum Gasteiger partial charge on any atom is -0.384 e. The summed E-state index contributed by atoms with van der Waals surface area (Å²) in [5.74, 6) is -0.0434. The summed E-state index contributed by atoms with van der Waals surface area (Å²) in [5.41, 5.74) is 1.29. The molecule has 1 rings (SSSR count). The topological polar surface area (TPSA) is 84.3 Å². The van der Waals surface area contributed by atoms with E-state index in [9.17, 15) is 14.9 Å². The fraction of sp³-hybridized carbons (Fsp3) is 0.462. The van der Waals surface area contributed by atoms with E-state index >= 15 is 0 Å². The lowest BCUT2D eigenvalue weighted by Crippen LogP contribution is -2.31. The molecule has 0 aliphatic rings. The van der Waals surface area contributed by atoms with E-state index in [1.54, 1.807) is 6.92 Å². The molecular weight excluding hydrogens is 282 g/mol. The van der Waals surface area contributed by atoms with E-state index in [0.29, 0.717) is 24.2 Å². The molecule has 0 bridgehead atoms. The van der Waals surface area contributed by atoms with Gasteiger partial charge in [0.15, 0.2) is 0 Å². The van der Waals surface area contributed by atoms with Crippen LogP contribution in [0.2, 0.25) is 5.02 Å². The summed E-state index contributed by atoms with van der Waals surface area (Å²) in [4.78, 5) is 21.7. The highest BCUT2D eigenvalue weighted by molar-refractivity contribution is 6.33. The lowest BCUT2D eigenvalue weighted by atomic mass is 10.1. The Kier molecular flexibility index (Phi) is 5.76. The number of amides is 1. The molecule has 0 heterocycles. The molecule has 0 aliphatic carbocycles. The third-order valence-corrected chi connectivity index (χ3v) is 2.91. The second kappa shape index (κ2) is 7.09. The summed E-state index contributed by atoms with van der Waals surface area (Å²) >= 11 is 5.85. The van der Waals surface area contributed by atoms with Gasteiger partial charge in [-0.15, -0.1) is 0 Å². The van der Waals surface area contributed by atoms with E-state index in [1.807, 2.05) is 13.8 Å². The van der Waals surface area contributed by atoms with E-state index in [0.717, 1.165) is 0 Å². The van der Waals surface area contributed by atoms with Crippen LogP contribution in [0.5, 0.6) is 0 Å². The van der Waals surface area contributed by atoms with Gasteiger partial charge in [0.25, 0.3) is 5.69 Å². The number of benzene rings is 1. The first-order valence-corrected chi connectivity index (χ1v) is 6.67. The number of nitrogens with one attached hydrogen (secondary N) is 2. The molecule has 0 spiro atoms. The Morgan fingerprint density at radius 1 is 1.45 bits per heavy atom. The molecule has 0 atom stereocenters. The van der Waals surface area contributed by atoms with Crippen molar-refractivity contribution in [2.75, 3.05) is 11.9 Å². The van der Waals surface area contributed by atoms with Gasteiger partial charge in [-0.25, -0.2) is 0 Å². The normalized spacial score (nSPS) is 10.4. The van der Waals surface area contributed by atoms with Gasteiger partial charge in [0.2, 0.25) is 5.91 Å². The highest BCUT2D eigenvalue weighted by Gasteiger charge is 2.15. The monoisotopic (exact) mass is 299 g/mol. The van der Waals surface area contributed by atoms with Crippen LogP contribution in [0.4, 0.5) is 11.4 Å². The first-order chi connectivity index (χ1) is 9.31. The number of rotatable bonds is 6. The van der Waals surface area contributed by atoms with E-state index in [1.165, 1.54) is 12.1 Å². The van der Waals surface area contributed by atoms with Crippen LogP contribution in [-0.2, 0) is 4.79 Å². The smallest absolute Gasteiger partial charge is 0.288 e. The van der Waals surface area contributed by atoms with Gasteiger partial charge in [-0.05, 0) is 32.4 Å². The molecule has 0 fully saturated rings. The fourth-order valence-corrected chi connectivity index (χ4v) is 1.93. The van der Waals surface area contributed by atoms with Gasteiger partial charge in [0.05, 0.1) is 4.92 Å². The second-order valence-corrected chi connectivity index (χ2v) is 5.18. The van der Waals surface area contributed by atoms with Crippen LogP contribution in [0.3, 0.4) is 0 Å². The van der Waals surface area contributed by atoms with Gasteiger partial charge in [-0.1, -0.05) is 11.6 Å². The fourth-order valence-electron chi connectivity index (χ4n) is 1.70. The molecule has 1 amide bonds. The van der Waals surface area contributed by atoms with Crippen molar-refractivity contribution in [2.45, 2.75) is 33.2 Å². The Morgan fingerprint density at radius 3 is 2.65 bits per heavy atom. The predicted octanol–water partition coefficient (Wildman–Crippen LogP) is 2.88. The first kappa shape index (κ1) is 16.2. The Labute approximate surface area is 122 Å². The molecule has 0 saturated carbocycles. The summed E-state index contributed by atoms with van der Waals surface area (Å²) < 4.78 is 0. The summed E-state index contributed by atoms with van der Waals surface area (Å²) in [7, 11) is 0. The van der Waals surface area contributed by atoms with E-state index < -0.39 is 4.92 Å². The van der Waals surface area contributed by atoms with Crippen molar-refractivity contribution in [1.82, 2.24) is 5.32 Å². The van der Waals surface area contributed by atoms with E-state index in [-0.39, 0.29) is 22.7 Å². The van der Waals surface area contributed by atoms with Crippen LogP contribution in [0.25, 0.3) is 0 Å². The molecule has 0 radical (unpaired) electrons. The van der Waals surface area contributed by atoms with Crippen molar-refractivity contribution in [3.05, 3.63) is 32.8 Å². The number of nitro groups is 1.